The fraction of sp³-hybridized carbons (Fsp3) is 0.576. The summed E-state index contributed by atoms with van der Waals surface area (Å²) in [7, 11) is -6.61. The van der Waals surface area contributed by atoms with Crippen LogP contribution in [-0.2, 0) is 37.7 Å². The summed E-state index contributed by atoms with van der Waals surface area (Å²) in [4.78, 5) is 0. The lowest BCUT2D eigenvalue weighted by Gasteiger charge is -2.43. The van der Waals surface area contributed by atoms with Crippen LogP contribution in [0, 0.1) is 0 Å². The first-order valence-electron chi connectivity index (χ1n) is 15.1. The third kappa shape index (κ3) is 8.45. The third-order valence-electron chi connectivity index (χ3n) is 7.88. The van der Waals surface area contributed by atoms with Gasteiger partial charge in [-0.3, -0.25) is 4.18 Å². The Kier molecular flexibility index (Phi) is 10.7. The number of hydrogen-bond donors (Lipinski definition) is 1. The number of benzene rings is 2. The zero-order chi connectivity index (χ0) is 32.4. The maximum absolute atomic E-state index is 12.0. The van der Waals surface area contributed by atoms with Crippen molar-refractivity contribution in [3.63, 3.8) is 0 Å². The fourth-order valence-electron chi connectivity index (χ4n) is 6.09. The van der Waals surface area contributed by atoms with Crippen molar-refractivity contribution >= 4 is 28.8 Å². The van der Waals surface area contributed by atoms with Gasteiger partial charge in [0.1, 0.15) is 30.5 Å². The highest BCUT2D eigenvalue weighted by Crippen LogP contribution is 2.38. The quantitative estimate of drug-likeness (QED) is 0.208. The molecular weight excluding hydrogens is 601 g/mol. The van der Waals surface area contributed by atoms with Gasteiger partial charge in [0.2, 0.25) is 0 Å². The molecule has 4 rings (SSSR count). The molecule has 2 aromatic rings. The van der Waals surface area contributed by atoms with Crippen molar-refractivity contribution in [2.45, 2.75) is 102 Å². The lowest BCUT2D eigenvalue weighted by molar-refractivity contribution is -0.154. The molecule has 0 aliphatic carbocycles. The summed E-state index contributed by atoms with van der Waals surface area (Å²) in [6, 6.07) is 20.7. The summed E-state index contributed by atoms with van der Waals surface area (Å²) < 4.78 is 60.3. The zero-order valence-corrected chi connectivity index (χ0v) is 28.9. The van der Waals surface area contributed by atoms with Crippen LogP contribution in [0.5, 0.6) is 0 Å². The molecule has 9 nitrogen and oxygen atoms in total. The molecule has 0 unspecified atom stereocenters. The van der Waals surface area contributed by atoms with Gasteiger partial charge in [-0.1, -0.05) is 93.6 Å². The van der Waals surface area contributed by atoms with E-state index in [1.807, 2.05) is 50.2 Å². The molecule has 44 heavy (non-hydrogen) atoms. The van der Waals surface area contributed by atoms with Gasteiger partial charge in [0, 0.05) is 0 Å². The Labute approximate surface area is 263 Å². The van der Waals surface area contributed by atoms with Gasteiger partial charge in [-0.2, -0.15) is 8.42 Å². The highest BCUT2D eigenvalue weighted by atomic mass is 32.2. The predicted octanol–water partition coefficient (Wildman–Crippen LogP) is 3.89. The molecule has 2 aliphatic rings. The van der Waals surface area contributed by atoms with E-state index in [1.165, 1.54) is 0 Å². The van der Waals surface area contributed by atoms with Crippen molar-refractivity contribution < 1.29 is 41.1 Å². The van der Waals surface area contributed by atoms with Gasteiger partial charge in [0.15, 0.2) is 11.6 Å². The topological polar surface area (TPSA) is 110 Å². The first kappa shape index (κ1) is 34.9. The minimum absolute atomic E-state index is 0.175. The van der Waals surface area contributed by atoms with Gasteiger partial charge < -0.3 is 28.5 Å². The normalized spacial score (nSPS) is 25.3. The summed E-state index contributed by atoms with van der Waals surface area (Å²) in [5.74, 6) is -1.78. The lowest BCUT2D eigenvalue weighted by Crippen LogP contribution is -2.67. The monoisotopic (exact) mass is 648 g/mol. The average Bonchev–Trinajstić information content (AvgIpc) is 3.45. The molecule has 0 bridgehead atoms. The van der Waals surface area contributed by atoms with Gasteiger partial charge in [0.05, 0.1) is 19.5 Å². The number of rotatable bonds is 12. The molecule has 0 aromatic heterocycles. The second-order valence-electron chi connectivity index (χ2n) is 13.5. The summed E-state index contributed by atoms with van der Waals surface area (Å²) >= 11 is 0. The molecule has 5 atom stereocenters. The van der Waals surface area contributed by atoms with E-state index >= 15 is 0 Å². The van der Waals surface area contributed by atoms with E-state index in [9.17, 15) is 13.5 Å². The van der Waals surface area contributed by atoms with E-state index in [4.69, 9.17) is 27.6 Å². The van der Waals surface area contributed by atoms with E-state index < -0.39 is 60.5 Å². The maximum atomic E-state index is 12.0. The minimum atomic E-state index is -3.76. The Bertz CT molecular complexity index is 1320. The highest BCUT2D eigenvalue weighted by molar-refractivity contribution is 7.86. The van der Waals surface area contributed by atoms with Crippen molar-refractivity contribution in [3.8, 4) is 0 Å². The van der Waals surface area contributed by atoms with Crippen LogP contribution in [0.4, 0.5) is 0 Å². The fourth-order valence-corrected chi connectivity index (χ4v) is 11.3. The molecule has 2 fully saturated rings. The van der Waals surface area contributed by atoms with Gasteiger partial charge >= 0.3 is 0 Å². The van der Waals surface area contributed by atoms with E-state index in [1.54, 1.807) is 26.0 Å². The van der Waals surface area contributed by atoms with Crippen molar-refractivity contribution in [1.29, 1.82) is 0 Å². The molecule has 244 valence electrons. The van der Waals surface area contributed by atoms with E-state index in [0.29, 0.717) is 0 Å². The molecule has 0 saturated carbocycles. The number of aliphatic hydroxyl groups excluding tert-OH is 1. The second-order valence-corrected chi connectivity index (χ2v) is 19.4. The van der Waals surface area contributed by atoms with Crippen LogP contribution in [0.25, 0.3) is 0 Å². The van der Waals surface area contributed by atoms with E-state index in [2.05, 4.69) is 45.0 Å². The van der Waals surface area contributed by atoms with E-state index in [0.717, 1.165) is 16.6 Å². The second kappa shape index (κ2) is 13.4. The summed E-state index contributed by atoms with van der Waals surface area (Å²) in [6.45, 7) is 14.2. The van der Waals surface area contributed by atoms with Crippen LogP contribution in [-0.4, -0.2) is 83.4 Å². The first-order valence-corrected chi connectivity index (χ1v) is 18.8. The molecule has 2 aliphatic heterocycles. The van der Waals surface area contributed by atoms with Gasteiger partial charge in [0.25, 0.3) is 18.4 Å². The van der Waals surface area contributed by atoms with Crippen LogP contribution in [0.3, 0.4) is 0 Å². The molecular formula is C33H48O9SSi. The Morgan fingerprint density at radius 1 is 0.955 bits per heavy atom. The van der Waals surface area contributed by atoms with Crippen molar-refractivity contribution in [2.75, 3.05) is 19.5 Å². The van der Waals surface area contributed by atoms with E-state index in [-0.39, 0.29) is 24.7 Å². The van der Waals surface area contributed by atoms with Crippen LogP contribution in [0.2, 0.25) is 5.04 Å². The first-order chi connectivity index (χ1) is 20.4. The zero-order valence-electron chi connectivity index (χ0n) is 27.1. The average molecular weight is 649 g/mol. The molecule has 1 N–H and O–H groups in total. The van der Waals surface area contributed by atoms with Gasteiger partial charge in [-0.05, 0) is 49.5 Å². The van der Waals surface area contributed by atoms with Crippen molar-refractivity contribution in [3.05, 3.63) is 72.8 Å². The smallest absolute Gasteiger partial charge is 0.264 e. The standard InChI is InChI=1S/C33H48O9SSi/c1-31(2,3)44(24-16-11-9-12-17-24,25-18-13-10-14-19-25)38-23-29-30(41-33(6,7)40-29)26(34)20-15-21-27(42-43(8,35)36)28-22-37-32(4,5)39-28/h9-20,26-30,34H,21-23H2,1-8H3/b20-15-/t26-,27+,28-,29-,30-/m1/s1. The molecule has 0 amide bonds. The predicted molar refractivity (Wildman–Crippen MR) is 172 cm³/mol. The molecule has 2 heterocycles. The van der Waals surface area contributed by atoms with Crippen molar-refractivity contribution in [1.82, 2.24) is 0 Å². The summed E-state index contributed by atoms with van der Waals surface area (Å²) in [5, 5.41) is 13.4. The Balaban J connectivity index is 1.55. The summed E-state index contributed by atoms with van der Waals surface area (Å²) in [6.07, 6.45) is 0.701. The Morgan fingerprint density at radius 2 is 1.52 bits per heavy atom. The molecule has 0 spiro atoms. The molecule has 0 radical (unpaired) electrons. The maximum Gasteiger partial charge on any atom is 0.264 e. The Morgan fingerprint density at radius 3 is 2.00 bits per heavy atom. The number of aliphatic hydroxyl groups is 1. The largest absolute Gasteiger partial charge is 0.405 e. The van der Waals surface area contributed by atoms with Crippen LogP contribution < -0.4 is 10.4 Å². The van der Waals surface area contributed by atoms with Crippen molar-refractivity contribution in [2.24, 2.45) is 0 Å². The number of ether oxygens (including phenoxy) is 4. The molecule has 2 saturated heterocycles. The highest BCUT2D eigenvalue weighted by Gasteiger charge is 2.52. The van der Waals surface area contributed by atoms with Gasteiger partial charge in [-0.15, -0.1) is 0 Å². The number of hydrogen-bond acceptors (Lipinski definition) is 9. The third-order valence-corrected chi connectivity index (χ3v) is 13.5. The summed E-state index contributed by atoms with van der Waals surface area (Å²) in [5.41, 5.74) is 0. The van der Waals surface area contributed by atoms with Gasteiger partial charge in [-0.25, -0.2) is 0 Å². The minimum Gasteiger partial charge on any atom is -0.405 e. The molecule has 11 heteroatoms. The SMILES string of the molecule is CC1(C)O[C@H]([C@H](O)/C=C\C[C@H](OS(C)(=O)=O)[C@H]2COC(C)(C)O2)[C@@H](CO[Si](c2ccccc2)(c2ccccc2)C(C)(C)C)O1. The van der Waals surface area contributed by atoms with Crippen LogP contribution in [0.15, 0.2) is 72.8 Å². The van der Waals surface area contributed by atoms with Crippen LogP contribution in [0.1, 0.15) is 54.9 Å². The Hall–Kier alpha value is -1.93. The van der Waals surface area contributed by atoms with Crippen LogP contribution >= 0.6 is 0 Å². The molecule has 2 aromatic carbocycles. The lowest BCUT2D eigenvalue weighted by atomic mass is 10.1.